The molecule has 1 aliphatic carbocycles. The molecule has 12 heteroatoms. The Kier molecular flexibility index (Phi) is 6.18. The largest absolute Gasteiger partial charge is 0.368 e. The van der Waals surface area contributed by atoms with Crippen molar-refractivity contribution in [3.8, 4) is 11.1 Å². The lowest BCUT2D eigenvalue weighted by Gasteiger charge is -2.14. The van der Waals surface area contributed by atoms with Crippen LogP contribution in [-0.2, 0) is 24.9 Å². The number of halogens is 3. The number of imidazole rings is 1. The molecular formula is C25H24F3N7O2. The number of hydrogen-bond donors (Lipinski definition) is 2. The van der Waals surface area contributed by atoms with Gasteiger partial charge in [0, 0.05) is 50.3 Å². The third-order valence-corrected chi connectivity index (χ3v) is 6.43. The smallest absolute Gasteiger partial charge is 0.272 e. The number of fused-ring (bicyclic) bond motifs is 1. The van der Waals surface area contributed by atoms with Gasteiger partial charge in [-0.3, -0.25) is 14.3 Å². The van der Waals surface area contributed by atoms with Gasteiger partial charge in [-0.05, 0) is 41.8 Å². The Labute approximate surface area is 209 Å². The highest BCUT2D eigenvalue weighted by atomic mass is 19.3. The van der Waals surface area contributed by atoms with Gasteiger partial charge in [0.1, 0.15) is 23.7 Å². The maximum absolute atomic E-state index is 14.3. The molecule has 1 aliphatic rings. The summed E-state index contributed by atoms with van der Waals surface area (Å²) in [6.45, 7) is -0.341. The highest BCUT2D eigenvalue weighted by Crippen LogP contribution is 2.44. The first kappa shape index (κ1) is 24.5. The number of aryl methyl sites for hydroxylation is 1. The number of amides is 2. The van der Waals surface area contributed by atoms with Gasteiger partial charge in [-0.25, -0.2) is 23.1 Å². The molecule has 3 aromatic heterocycles. The number of carbonyl (C=O) groups is 2. The first-order valence-corrected chi connectivity index (χ1v) is 11.7. The number of benzene rings is 1. The fraction of sp³-hybridized carbons (Fsp3) is 0.320. The van der Waals surface area contributed by atoms with E-state index in [0.717, 1.165) is 5.56 Å². The zero-order chi connectivity index (χ0) is 26.3. The van der Waals surface area contributed by atoms with Crippen molar-refractivity contribution in [2.45, 2.75) is 44.2 Å². The van der Waals surface area contributed by atoms with Crippen LogP contribution in [0.4, 0.5) is 13.2 Å². The second-order valence-corrected chi connectivity index (χ2v) is 9.28. The van der Waals surface area contributed by atoms with E-state index >= 15 is 0 Å². The van der Waals surface area contributed by atoms with Crippen LogP contribution in [0.1, 0.15) is 47.1 Å². The molecule has 37 heavy (non-hydrogen) atoms. The van der Waals surface area contributed by atoms with Crippen molar-refractivity contribution in [3.63, 3.8) is 0 Å². The van der Waals surface area contributed by atoms with E-state index in [4.69, 9.17) is 5.73 Å². The average Bonchev–Trinajstić information content (AvgIpc) is 3.53. The summed E-state index contributed by atoms with van der Waals surface area (Å²) in [5.41, 5.74) is 7.82. The average molecular weight is 512 g/mol. The maximum Gasteiger partial charge on any atom is 0.272 e. The Bertz CT molecular complexity index is 1510. The SMILES string of the molecule is Cn1cc(-c2cc(F)cc(CNC(=O)c3nccc4nc(C5CCC(F)(F)C5)n(CC(N)=O)c34)c2)cn1. The second kappa shape index (κ2) is 9.34. The third kappa shape index (κ3) is 5.04. The van der Waals surface area contributed by atoms with E-state index in [1.165, 1.54) is 22.9 Å². The normalized spacial score (nSPS) is 16.8. The predicted octanol–water partition coefficient (Wildman–Crippen LogP) is 3.29. The summed E-state index contributed by atoms with van der Waals surface area (Å²) in [6, 6.07) is 5.97. The molecule has 9 nitrogen and oxygen atoms in total. The molecule has 0 spiro atoms. The van der Waals surface area contributed by atoms with Crippen LogP contribution in [0.25, 0.3) is 22.2 Å². The second-order valence-electron chi connectivity index (χ2n) is 9.28. The van der Waals surface area contributed by atoms with E-state index in [1.807, 2.05) is 0 Å². The van der Waals surface area contributed by atoms with Crippen LogP contribution in [0, 0.1) is 5.82 Å². The number of hydrogen-bond acceptors (Lipinski definition) is 5. The minimum absolute atomic E-state index is 0.00636. The lowest BCUT2D eigenvalue weighted by molar-refractivity contribution is -0.118. The molecule has 1 saturated carbocycles. The molecule has 4 aromatic rings. The van der Waals surface area contributed by atoms with E-state index in [2.05, 4.69) is 20.4 Å². The van der Waals surface area contributed by atoms with E-state index in [-0.39, 0.29) is 43.0 Å². The van der Waals surface area contributed by atoms with Crippen molar-refractivity contribution < 1.29 is 22.8 Å². The summed E-state index contributed by atoms with van der Waals surface area (Å²) in [5.74, 6) is -4.90. The highest BCUT2D eigenvalue weighted by Gasteiger charge is 2.42. The lowest BCUT2D eigenvalue weighted by Crippen LogP contribution is -2.26. The highest BCUT2D eigenvalue weighted by molar-refractivity contribution is 6.03. The molecule has 192 valence electrons. The Morgan fingerprint density at radius 1 is 1.24 bits per heavy atom. The topological polar surface area (TPSA) is 121 Å². The predicted molar refractivity (Wildman–Crippen MR) is 128 cm³/mol. The molecule has 1 atom stereocenters. The quantitative estimate of drug-likeness (QED) is 0.395. The van der Waals surface area contributed by atoms with Crippen molar-refractivity contribution in [2.24, 2.45) is 12.8 Å². The summed E-state index contributed by atoms with van der Waals surface area (Å²) in [4.78, 5) is 33.7. The molecule has 0 aliphatic heterocycles. The Morgan fingerprint density at radius 3 is 2.73 bits per heavy atom. The van der Waals surface area contributed by atoms with E-state index in [1.54, 1.807) is 36.3 Å². The molecule has 3 N–H and O–H groups in total. The molecule has 0 radical (unpaired) electrons. The zero-order valence-corrected chi connectivity index (χ0v) is 19.9. The number of rotatable bonds is 7. The molecular weight excluding hydrogens is 487 g/mol. The number of primary amides is 1. The van der Waals surface area contributed by atoms with Crippen molar-refractivity contribution in [3.05, 3.63) is 65.8 Å². The fourth-order valence-electron chi connectivity index (χ4n) is 4.82. The van der Waals surface area contributed by atoms with Crippen LogP contribution in [-0.4, -0.2) is 42.1 Å². The number of alkyl halides is 2. The number of aromatic nitrogens is 5. The molecule has 5 rings (SSSR count). The van der Waals surface area contributed by atoms with Crippen LogP contribution in [0.3, 0.4) is 0 Å². The van der Waals surface area contributed by atoms with Gasteiger partial charge >= 0.3 is 0 Å². The zero-order valence-electron chi connectivity index (χ0n) is 19.9. The van der Waals surface area contributed by atoms with Gasteiger partial charge in [0.05, 0.1) is 11.7 Å². The standard InChI is InChI=1S/C25H24F3N7O2/c1-34-12-17(11-32-34)16-6-14(7-18(26)8-16)10-31-24(37)21-22-19(3-5-30-21)33-23(35(22)13-20(29)36)15-2-4-25(27,28)9-15/h3,5-8,11-12,15H,2,4,9-10,13H2,1H3,(H2,29,36)(H,31,37). The van der Waals surface area contributed by atoms with Gasteiger partial charge in [0.2, 0.25) is 11.8 Å². The number of nitrogens with one attached hydrogen (secondary N) is 1. The molecule has 1 aromatic carbocycles. The van der Waals surface area contributed by atoms with Crippen LogP contribution >= 0.6 is 0 Å². The van der Waals surface area contributed by atoms with Gasteiger partial charge in [-0.1, -0.05) is 0 Å². The van der Waals surface area contributed by atoms with Crippen LogP contribution in [0.15, 0.2) is 42.9 Å². The Hall–Kier alpha value is -4.22. The van der Waals surface area contributed by atoms with Gasteiger partial charge in [-0.15, -0.1) is 0 Å². The Morgan fingerprint density at radius 2 is 2.05 bits per heavy atom. The summed E-state index contributed by atoms with van der Waals surface area (Å²) in [5, 5.41) is 6.82. The van der Waals surface area contributed by atoms with Gasteiger partial charge in [0.15, 0.2) is 5.69 Å². The van der Waals surface area contributed by atoms with Crippen molar-refractivity contribution in [1.29, 1.82) is 0 Å². The maximum atomic E-state index is 14.3. The summed E-state index contributed by atoms with van der Waals surface area (Å²) >= 11 is 0. The lowest BCUT2D eigenvalue weighted by atomic mass is 10.1. The van der Waals surface area contributed by atoms with Gasteiger partial charge in [0.25, 0.3) is 5.91 Å². The molecule has 0 saturated heterocycles. The molecule has 1 fully saturated rings. The van der Waals surface area contributed by atoms with Gasteiger partial charge < -0.3 is 15.6 Å². The summed E-state index contributed by atoms with van der Waals surface area (Å²) in [7, 11) is 1.75. The molecule has 3 heterocycles. The van der Waals surface area contributed by atoms with Crippen LogP contribution in [0.5, 0.6) is 0 Å². The van der Waals surface area contributed by atoms with E-state index in [9.17, 15) is 22.8 Å². The van der Waals surface area contributed by atoms with Crippen LogP contribution in [0.2, 0.25) is 0 Å². The summed E-state index contributed by atoms with van der Waals surface area (Å²) < 4.78 is 45.2. The van der Waals surface area contributed by atoms with Crippen molar-refractivity contribution in [2.75, 3.05) is 0 Å². The molecule has 0 bridgehead atoms. The van der Waals surface area contributed by atoms with Crippen LogP contribution < -0.4 is 11.1 Å². The number of pyridine rings is 1. The molecule has 2 amide bonds. The Balaban J connectivity index is 1.45. The first-order valence-electron chi connectivity index (χ1n) is 11.7. The van der Waals surface area contributed by atoms with E-state index in [0.29, 0.717) is 16.6 Å². The van der Waals surface area contributed by atoms with Crippen molar-refractivity contribution >= 4 is 22.8 Å². The fourth-order valence-corrected chi connectivity index (χ4v) is 4.82. The number of nitrogens with two attached hydrogens (primary N) is 1. The van der Waals surface area contributed by atoms with Crippen molar-refractivity contribution in [1.82, 2.24) is 29.6 Å². The third-order valence-electron chi connectivity index (χ3n) is 6.43. The van der Waals surface area contributed by atoms with Gasteiger partial charge in [-0.2, -0.15) is 5.10 Å². The monoisotopic (exact) mass is 511 g/mol. The number of nitrogens with zero attached hydrogens (tertiary/aromatic N) is 5. The summed E-state index contributed by atoms with van der Waals surface area (Å²) in [6.07, 6.45) is 4.26. The van der Waals surface area contributed by atoms with E-state index < -0.39 is 35.9 Å². The molecule has 1 unspecified atom stereocenters. The number of carbonyl (C=O) groups excluding carboxylic acids is 2. The first-order chi connectivity index (χ1) is 17.6. The minimum atomic E-state index is -2.82. The minimum Gasteiger partial charge on any atom is -0.368 e.